The van der Waals surface area contributed by atoms with E-state index in [0.29, 0.717) is 51.6 Å². The standard InChI is InChI=1S/C38H79N9O6S/c1-4-25-43-34(38(40)50)21-18-19-26-42-33(2)32-53-30-29-52-28-27-44-36(48)24-20-31-54(51)46-37(49)23-17-15-13-11-9-7-5-6-8-10-12-14-16-22-35(39)45-47(3)41/h33-34,42-43H,4-32,41H2,1-3H3,(H2,39,45)(H2,40,50)(H,44,48)(H,46,49)/t33?,34-,54?/m0/s1. The van der Waals surface area contributed by atoms with Gasteiger partial charge in [-0.1, -0.05) is 84.0 Å². The van der Waals surface area contributed by atoms with E-state index in [4.69, 9.17) is 26.8 Å². The van der Waals surface area contributed by atoms with Crippen molar-refractivity contribution in [1.82, 2.24) is 25.8 Å². The molecule has 0 aliphatic heterocycles. The van der Waals surface area contributed by atoms with Crippen molar-refractivity contribution in [3.05, 3.63) is 0 Å². The van der Waals surface area contributed by atoms with Crippen molar-refractivity contribution >= 4 is 34.5 Å². The average molecular weight is 790 g/mol. The highest BCUT2D eigenvalue weighted by Gasteiger charge is 2.13. The molecule has 2 unspecified atom stereocenters. The molecule has 0 bridgehead atoms. The quantitative estimate of drug-likeness (QED) is 0.0156. The molecule has 15 nitrogen and oxygen atoms in total. The van der Waals surface area contributed by atoms with Crippen LogP contribution in [0.3, 0.4) is 0 Å². The van der Waals surface area contributed by atoms with E-state index in [1.165, 1.54) is 62.9 Å². The summed E-state index contributed by atoms with van der Waals surface area (Å²) in [5.41, 5.74) is 11.3. The Hall–Kier alpha value is -2.37. The number of ether oxygens (including phenoxy) is 2. The number of rotatable bonds is 40. The molecule has 0 heterocycles. The van der Waals surface area contributed by atoms with Gasteiger partial charge in [0.2, 0.25) is 17.7 Å². The molecule has 0 rings (SSSR count). The lowest BCUT2D eigenvalue weighted by Crippen LogP contribution is -2.41. The number of amides is 3. The number of carbonyl (C=O) groups excluding carboxylic acids is 3. The first-order valence-corrected chi connectivity index (χ1v) is 22.0. The Balaban J connectivity index is 3.53. The molecule has 0 aromatic carbocycles. The molecule has 0 aliphatic rings. The highest BCUT2D eigenvalue weighted by atomic mass is 32.2. The van der Waals surface area contributed by atoms with E-state index >= 15 is 0 Å². The summed E-state index contributed by atoms with van der Waals surface area (Å²) in [7, 11) is 0.199. The summed E-state index contributed by atoms with van der Waals surface area (Å²) in [6.45, 7) is 8.00. The third-order valence-corrected chi connectivity index (χ3v) is 9.90. The van der Waals surface area contributed by atoms with Crippen LogP contribution < -0.4 is 38.0 Å². The van der Waals surface area contributed by atoms with Gasteiger partial charge in [0.05, 0.1) is 32.5 Å². The third kappa shape index (κ3) is 36.6. The van der Waals surface area contributed by atoms with Crippen LogP contribution in [-0.4, -0.2) is 104 Å². The van der Waals surface area contributed by atoms with Gasteiger partial charge in [-0.25, -0.2) is 15.2 Å². The molecule has 0 aliphatic carbocycles. The van der Waals surface area contributed by atoms with Gasteiger partial charge in [0.1, 0.15) is 16.8 Å². The van der Waals surface area contributed by atoms with Gasteiger partial charge in [-0.15, -0.1) is 5.10 Å². The van der Waals surface area contributed by atoms with Crippen molar-refractivity contribution in [2.45, 2.75) is 161 Å². The monoisotopic (exact) mass is 790 g/mol. The Morgan fingerprint density at radius 1 is 0.704 bits per heavy atom. The number of carbonyl (C=O) groups is 3. The molecular formula is C38H79N9O6S. The predicted octanol–water partition coefficient (Wildman–Crippen LogP) is 3.63. The molecule has 3 amide bonds. The van der Waals surface area contributed by atoms with Gasteiger partial charge in [-0.2, -0.15) is 0 Å². The smallest absolute Gasteiger partial charge is 0.234 e. The van der Waals surface area contributed by atoms with Crippen LogP contribution in [-0.2, 0) is 34.8 Å². The van der Waals surface area contributed by atoms with Crippen molar-refractivity contribution in [2.24, 2.45) is 22.4 Å². The van der Waals surface area contributed by atoms with E-state index in [-0.39, 0.29) is 42.0 Å². The average Bonchev–Trinajstić information content (AvgIpc) is 3.11. The molecule has 10 N–H and O–H groups in total. The molecule has 0 spiro atoms. The number of nitrogens with two attached hydrogens (primary N) is 3. The number of hydrazine groups is 1. The summed E-state index contributed by atoms with van der Waals surface area (Å²) in [6.07, 6.45) is 20.7. The maximum absolute atomic E-state index is 12.2. The van der Waals surface area contributed by atoms with E-state index < -0.39 is 11.0 Å². The van der Waals surface area contributed by atoms with E-state index in [1.54, 1.807) is 7.05 Å². The third-order valence-electron chi connectivity index (χ3n) is 8.79. The minimum atomic E-state index is -1.47. The second-order valence-corrected chi connectivity index (χ2v) is 15.5. The van der Waals surface area contributed by atoms with Gasteiger partial charge in [-0.3, -0.25) is 19.1 Å². The molecule has 0 saturated carbocycles. The largest absolute Gasteiger partial charge is 0.386 e. The van der Waals surface area contributed by atoms with Gasteiger partial charge < -0.3 is 36.9 Å². The van der Waals surface area contributed by atoms with Gasteiger partial charge in [0.15, 0.2) is 0 Å². The molecule has 0 aromatic rings. The molecule has 318 valence electrons. The fourth-order valence-electron chi connectivity index (χ4n) is 5.76. The Kier molecular flexibility index (Phi) is 35.9. The maximum Gasteiger partial charge on any atom is 0.234 e. The lowest BCUT2D eigenvalue weighted by atomic mass is 10.0. The number of nitrogens with one attached hydrogen (secondary N) is 4. The zero-order valence-electron chi connectivity index (χ0n) is 34.1. The number of hydrogen-bond acceptors (Lipinski definition) is 11. The molecule has 0 saturated heterocycles. The molecule has 0 fully saturated rings. The number of nitrogens with zero attached hydrogens (tertiary/aromatic N) is 2. The highest BCUT2D eigenvalue weighted by Crippen LogP contribution is 2.13. The van der Waals surface area contributed by atoms with Crippen molar-refractivity contribution in [2.75, 3.05) is 58.9 Å². The topological polar surface area (TPSA) is 229 Å². The molecule has 0 aromatic heterocycles. The van der Waals surface area contributed by atoms with Crippen LogP contribution in [0.1, 0.15) is 149 Å². The van der Waals surface area contributed by atoms with Crippen LogP contribution in [0.2, 0.25) is 0 Å². The Morgan fingerprint density at radius 2 is 1.28 bits per heavy atom. The van der Waals surface area contributed by atoms with E-state index in [0.717, 1.165) is 70.9 Å². The first-order valence-electron chi connectivity index (χ1n) is 20.7. The fourth-order valence-corrected chi connectivity index (χ4v) is 6.62. The first kappa shape index (κ1) is 51.6. The molecule has 16 heteroatoms. The first-order chi connectivity index (χ1) is 26.0. The minimum Gasteiger partial charge on any atom is -0.386 e. The Morgan fingerprint density at radius 3 is 1.87 bits per heavy atom. The highest BCUT2D eigenvalue weighted by molar-refractivity contribution is 7.83. The normalized spacial score (nSPS) is 13.4. The molecular weight excluding hydrogens is 711 g/mol. The lowest BCUT2D eigenvalue weighted by molar-refractivity contribution is -0.121. The molecule has 0 radical (unpaired) electrons. The van der Waals surface area contributed by atoms with Crippen LogP contribution in [0.4, 0.5) is 0 Å². The Bertz CT molecular complexity index is 993. The Labute approximate surface area is 329 Å². The van der Waals surface area contributed by atoms with Crippen LogP contribution in [0.25, 0.3) is 0 Å². The SMILES string of the molecule is CCCN[C@@H](CCCCNC(C)COCCOCCNC(=O)CCCS(=O)NC(=O)CCCCCCCCCCCCCCC/C(N)=N/N(C)N)C(N)=O. The van der Waals surface area contributed by atoms with Crippen molar-refractivity contribution in [3.63, 3.8) is 0 Å². The van der Waals surface area contributed by atoms with Crippen molar-refractivity contribution in [1.29, 1.82) is 0 Å². The van der Waals surface area contributed by atoms with Crippen molar-refractivity contribution in [3.8, 4) is 0 Å². The van der Waals surface area contributed by atoms with E-state index in [2.05, 4.69) is 39.6 Å². The number of amidine groups is 1. The zero-order valence-corrected chi connectivity index (χ0v) is 35.0. The summed E-state index contributed by atoms with van der Waals surface area (Å²) < 4.78 is 25.9. The molecule has 3 atom stereocenters. The summed E-state index contributed by atoms with van der Waals surface area (Å²) in [5.74, 6) is 5.69. The van der Waals surface area contributed by atoms with E-state index in [1.807, 2.05) is 0 Å². The summed E-state index contributed by atoms with van der Waals surface area (Å²) in [6, 6.07) is -0.0530. The number of unbranched alkanes of at least 4 members (excludes halogenated alkanes) is 13. The number of hydrazone groups is 1. The van der Waals surface area contributed by atoms with Gasteiger partial charge in [0.25, 0.3) is 0 Å². The van der Waals surface area contributed by atoms with Crippen molar-refractivity contribution < 1.29 is 28.1 Å². The summed E-state index contributed by atoms with van der Waals surface area (Å²) in [5, 5.41) is 14.6. The number of primary amides is 1. The number of hydrogen-bond donors (Lipinski definition) is 7. The minimum absolute atomic E-state index is 0.128. The summed E-state index contributed by atoms with van der Waals surface area (Å²) >= 11 is 0. The fraction of sp³-hybridized carbons (Fsp3) is 0.895. The second-order valence-electron chi connectivity index (χ2n) is 14.2. The summed E-state index contributed by atoms with van der Waals surface area (Å²) in [4.78, 5) is 35.7. The zero-order chi connectivity index (χ0) is 40.1. The lowest BCUT2D eigenvalue weighted by Gasteiger charge is -2.16. The van der Waals surface area contributed by atoms with Gasteiger partial charge in [-0.05, 0) is 58.5 Å². The predicted molar refractivity (Wildman–Crippen MR) is 220 cm³/mol. The second kappa shape index (κ2) is 37.5. The van der Waals surface area contributed by atoms with Crippen LogP contribution >= 0.6 is 0 Å². The van der Waals surface area contributed by atoms with Gasteiger partial charge >= 0.3 is 0 Å². The van der Waals surface area contributed by atoms with Crippen LogP contribution in [0.5, 0.6) is 0 Å². The maximum atomic E-state index is 12.2. The van der Waals surface area contributed by atoms with Gasteiger partial charge in [0, 0.05) is 44.6 Å². The molecule has 54 heavy (non-hydrogen) atoms. The van der Waals surface area contributed by atoms with Crippen LogP contribution in [0, 0.1) is 0 Å². The van der Waals surface area contributed by atoms with Crippen LogP contribution in [0.15, 0.2) is 5.10 Å². The van der Waals surface area contributed by atoms with E-state index in [9.17, 15) is 18.6 Å².